The third-order valence-electron chi connectivity index (χ3n) is 11.9. The number of hydrogen-bond acceptors (Lipinski definition) is 12. The lowest BCUT2D eigenvalue weighted by Gasteiger charge is -2.49. The van der Waals surface area contributed by atoms with Gasteiger partial charge < -0.3 is 52.1 Å². The molecule has 0 saturated carbocycles. The van der Waals surface area contributed by atoms with E-state index in [4.69, 9.17) is 52.1 Å². The van der Waals surface area contributed by atoms with Crippen molar-refractivity contribution in [3.63, 3.8) is 0 Å². The molecule has 0 spiro atoms. The smallest absolute Gasteiger partial charge is 0.303 e. The predicted octanol–water partition coefficient (Wildman–Crippen LogP) is 9.17. The molecule has 6 aromatic carbocycles. The maximum absolute atomic E-state index is 13.3. The molecule has 69 heavy (non-hydrogen) atoms. The minimum atomic E-state index is -1.27. The zero-order valence-electron chi connectivity index (χ0n) is 39.1. The molecule has 0 aliphatic carbocycles. The fourth-order valence-corrected chi connectivity index (χ4v) is 8.52. The lowest BCUT2D eigenvalue weighted by molar-refractivity contribution is -0.377. The van der Waals surface area contributed by atoms with Crippen LogP contribution in [0.25, 0.3) is 0 Å². The zero-order valence-corrected chi connectivity index (χ0v) is 39.1. The van der Waals surface area contributed by atoms with E-state index < -0.39 is 67.4 Å². The fourth-order valence-electron chi connectivity index (χ4n) is 8.52. The van der Waals surface area contributed by atoms with E-state index in [1.807, 2.05) is 182 Å². The van der Waals surface area contributed by atoms with Crippen molar-refractivity contribution in [2.45, 2.75) is 108 Å². The Kier molecular flexibility index (Phi) is 19.0. The Morgan fingerprint density at radius 3 is 1.03 bits per heavy atom. The van der Waals surface area contributed by atoms with Gasteiger partial charge >= 0.3 is 5.97 Å². The summed E-state index contributed by atoms with van der Waals surface area (Å²) in [6.07, 6.45) is -9.24. The highest BCUT2D eigenvalue weighted by atomic mass is 16.8. The molecule has 12 nitrogen and oxygen atoms in total. The van der Waals surface area contributed by atoms with Gasteiger partial charge in [0, 0.05) is 14.0 Å². The highest BCUT2D eigenvalue weighted by Crippen LogP contribution is 2.36. The Hall–Kier alpha value is -5.61. The van der Waals surface area contributed by atoms with Gasteiger partial charge in [-0.2, -0.15) is 0 Å². The topological polar surface area (TPSA) is 119 Å². The van der Waals surface area contributed by atoms with Crippen molar-refractivity contribution in [1.82, 2.24) is 0 Å². The fraction of sp³-hybridized carbons (Fsp3) is 0.351. The van der Waals surface area contributed by atoms with Crippen LogP contribution in [0.3, 0.4) is 0 Å². The van der Waals surface area contributed by atoms with Crippen LogP contribution in [-0.4, -0.2) is 87.7 Å². The Morgan fingerprint density at radius 1 is 0.391 bits per heavy atom. The van der Waals surface area contributed by atoms with Crippen molar-refractivity contribution >= 4 is 5.97 Å². The van der Waals surface area contributed by atoms with E-state index >= 15 is 0 Å². The van der Waals surface area contributed by atoms with Crippen molar-refractivity contribution in [1.29, 1.82) is 0 Å². The van der Waals surface area contributed by atoms with Gasteiger partial charge in [0.25, 0.3) is 0 Å². The standard InChI is InChI=1S/C57H62O12/c1-41(58)66-55-53(65-38-47-31-19-8-20-32-47)51(63-36-45-27-15-6-16-28-45)49(40-61-34-43-23-11-4-12-24-43)68-57(55)69-54-52(64-37-46-29-17-7-18-30-46)50(62-35-44-25-13-5-14-26-44)48(67-56(54)59-2)39-60-33-42-21-9-3-10-22-42/h3-32,48-57H,33-40H2,1-2H3/t48?,49?,50-,51-,52?,53?,54?,55?,56+,57-/m1/s1. The monoisotopic (exact) mass is 938 g/mol. The second-order valence-electron chi connectivity index (χ2n) is 17.0. The van der Waals surface area contributed by atoms with E-state index in [1.54, 1.807) is 7.11 Å². The normalized spacial score (nSPS) is 24.7. The minimum absolute atomic E-state index is 0.0820. The van der Waals surface area contributed by atoms with E-state index in [1.165, 1.54) is 6.92 Å². The van der Waals surface area contributed by atoms with Crippen LogP contribution >= 0.6 is 0 Å². The average molecular weight is 939 g/mol. The quantitative estimate of drug-likeness (QED) is 0.0539. The molecule has 0 amide bonds. The van der Waals surface area contributed by atoms with Gasteiger partial charge in [-0.1, -0.05) is 182 Å². The van der Waals surface area contributed by atoms with Crippen molar-refractivity contribution in [3.05, 3.63) is 215 Å². The molecule has 12 heteroatoms. The molecule has 2 saturated heterocycles. The van der Waals surface area contributed by atoms with Crippen LogP contribution < -0.4 is 0 Å². The zero-order chi connectivity index (χ0) is 47.5. The van der Waals surface area contributed by atoms with Crippen LogP contribution in [0.5, 0.6) is 0 Å². The summed E-state index contributed by atoms with van der Waals surface area (Å²) in [5.74, 6) is -0.564. The largest absolute Gasteiger partial charge is 0.454 e. The van der Waals surface area contributed by atoms with E-state index in [-0.39, 0.29) is 39.6 Å². The van der Waals surface area contributed by atoms with Gasteiger partial charge in [-0.25, -0.2) is 0 Å². The van der Waals surface area contributed by atoms with Crippen molar-refractivity contribution < 1.29 is 56.9 Å². The third kappa shape index (κ3) is 14.7. The molecule has 6 unspecified atom stereocenters. The first-order chi connectivity index (χ1) is 34.0. The van der Waals surface area contributed by atoms with Gasteiger partial charge in [0.05, 0.1) is 52.9 Å². The lowest BCUT2D eigenvalue weighted by atomic mass is 9.96. The lowest BCUT2D eigenvalue weighted by Crippen LogP contribution is -2.66. The first-order valence-electron chi connectivity index (χ1n) is 23.5. The van der Waals surface area contributed by atoms with Gasteiger partial charge in [0.15, 0.2) is 18.7 Å². The summed E-state index contributed by atoms with van der Waals surface area (Å²) in [4.78, 5) is 13.3. The molecule has 0 radical (unpaired) electrons. The maximum atomic E-state index is 13.3. The van der Waals surface area contributed by atoms with Crippen molar-refractivity contribution in [2.75, 3.05) is 20.3 Å². The van der Waals surface area contributed by atoms with E-state index in [9.17, 15) is 4.79 Å². The van der Waals surface area contributed by atoms with Crippen LogP contribution in [0, 0.1) is 0 Å². The number of benzene rings is 6. The summed E-state index contributed by atoms with van der Waals surface area (Å²) >= 11 is 0. The van der Waals surface area contributed by atoms with Gasteiger partial charge in [-0.15, -0.1) is 0 Å². The number of hydrogen-bond donors (Lipinski definition) is 0. The second-order valence-corrected chi connectivity index (χ2v) is 17.0. The molecule has 8 rings (SSSR count). The molecule has 2 heterocycles. The molecule has 6 aromatic rings. The van der Waals surface area contributed by atoms with Gasteiger partial charge in [-0.3, -0.25) is 4.79 Å². The van der Waals surface area contributed by atoms with E-state index in [0.717, 1.165) is 33.4 Å². The summed E-state index contributed by atoms with van der Waals surface area (Å²) in [5.41, 5.74) is 5.75. The molecule has 0 bridgehead atoms. The van der Waals surface area contributed by atoms with Gasteiger partial charge in [0.1, 0.15) is 42.7 Å². The Morgan fingerprint density at radius 2 is 0.696 bits per heavy atom. The molecule has 2 aliphatic rings. The Labute approximate surface area is 405 Å². The maximum Gasteiger partial charge on any atom is 0.303 e. The van der Waals surface area contributed by atoms with E-state index in [0.29, 0.717) is 13.2 Å². The highest BCUT2D eigenvalue weighted by molar-refractivity contribution is 5.66. The molecular weight excluding hydrogens is 877 g/mol. The first-order valence-corrected chi connectivity index (χ1v) is 23.5. The minimum Gasteiger partial charge on any atom is -0.454 e. The van der Waals surface area contributed by atoms with Crippen LogP contribution in [-0.2, 0) is 96.5 Å². The number of carbonyl (C=O) groups is 1. The molecular formula is C57H62O12. The van der Waals surface area contributed by atoms with Gasteiger partial charge in [-0.05, 0) is 33.4 Å². The molecule has 2 fully saturated rings. The number of methoxy groups -OCH3 is 1. The average Bonchev–Trinajstić information content (AvgIpc) is 3.39. The molecule has 0 N–H and O–H groups in total. The first kappa shape index (κ1) is 49.8. The van der Waals surface area contributed by atoms with Crippen molar-refractivity contribution in [3.8, 4) is 0 Å². The SMILES string of the molecule is CO[C@H]1OC(COCc2ccccc2)[C@@H](OCc2ccccc2)C(OCc2ccccc2)C1O[C@H]1OC(COCc2ccccc2)[C@@H](OCc2ccccc2)C(OCc2ccccc2)C1OC(C)=O. The number of esters is 1. The van der Waals surface area contributed by atoms with Crippen LogP contribution in [0.15, 0.2) is 182 Å². The Bertz CT molecular complexity index is 2350. The van der Waals surface area contributed by atoms with Gasteiger partial charge in [0.2, 0.25) is 0 Å². The van der Waals surface area contributed by atoms with Crippen LogP contribution in [0.1, 0.15) is 40.3 Å². The summed E-state index contributed by atoms with van der Waals surface area (Å²) in [6.45, 7) is 3.09. The number of carbonyl (C=O) groups excluding carboxylic acids is 1. The molecule has 10 atom stereocenters. The van der Waals surface area contributed by atoms with Crippen molar-refractivity contribution in [2.24, 2.45) is 0 Å². The van der Waals surface area contributed by atoms with E-state index in [2.05, 4.69) is 0 Å². The summed E-state index contributed by atoms with van der Waals surface area (Å²) < 4.78 is 73.4. The van der Waals surface area contributed by atoms with Crippen LogP contribution in [0.2, 0.25) is 0 Å². The summed E-state index contributed by atoms with van der Waals surface area (Å²) in [7, 11) is 1.55. The summed E-state index contributed by atoms with van der Waals surface area (Å²) in [5, 5.41) is 0. The molecule has 0 aromatic heterocycles. The predicted molar refractivity (Wildman–Crippen MR) is 257 cm³/mol. The molecule has 362 valence electrons. The number of ether oxygens (including phenoxy) is 11. The third-order valence-corrected chi connectivity index (χ3v) is 11.9. The van der Waals surface area contributed by atoms with Crippen LogP contribution in [0.4, 0.5) is 0 Å². The highest BCUT2D eigenvalue weighted by Gasteiger charge is 2.55. The molecule has 2 aliphatic heterocycles. The summed E-state index contributed by atoms with van der Waals surface area (Å²) in [6, 6.07) is 59.2. The number of rotatable bonds is 24. The Balaban J connectivity index is 1.15. The second kappa shape index (κ2) is 26.4.